The van der Waals surface area contributed by atoms with Crippen molar-refractivity contribution in [1.82, 2.24) is 14.5 Å². The van der Waals surface area contributed by atoms with E-state index in [2.05, 4.69) is 172 Å². The van der Waals surface area contributed by atoms with Crippen molar-refractivity contribution < 1.29 is 20.1 Å². The van der Waals surface area contributed by atoms with Gasteiger partial charge < -0.3 is 4.57 Å². The molecule has 0 N–H and O–H groups in total. The molecule has 0 unspecified atom stereocenters. The molecular weight excluding hydrogens is 927 g/mol. The van der Waals surface area contributed by atoms with Crippen LogP contribution in [0.4, 0.5) is 0 Å². The summed E-state index contributed by atoms with van der Waals surface area (Å²) in [5.41, 5.74) is 8.69. The van der Waals surface area contributed by atoms with Crippen molar-refractivity contribution in [3.8, 4) is 39.5 Å². The average Bonchev–Trinajstić information content (AvgIpc) is 3.79. The van der Waals surface area contributed by atoms with Gasteiger partial charge in [-0.25, -0.2) is 0 Å². The largest absolute Gasteiger partial charge is 0.333 e. The molecule has 0 aliphatic carbocycles. The Hall–Kier alpha value is -5.17. The Labute approximate surface area is 342 Å². The first kappa shape index (κ1) is 36.8. The molecule has 269 valence electrons. The first-order chi connectivity index (χ1) is 26.4. The van der Waals surface area contributed by atoms with E-state index in [0.29, 0.717) is 0 Å². The van der Waals surface area contributed by atoms with Gasteiger partial charge in [-0.2, -0.15) is 11.3 Å². The van der Waals surface area contributed by atoms with Gasteiger partial charge in [-0.15, -0.1) is 18.2 Å². The zero-order chi connectivity index (χ0) is 36.6. The minimum absolute atomic E-state index is 0. The van der Waals surface area contributed by atoms with E-state index >= 15 is 0 Å². The Morgan fingerprint density at radius 1 is 0.618 bits per heavy atom. The van der Waals surface area contributed by atoms with Gasteiger partial charge in [0.2, 0.25) is 0 Å². The van der Waals surface area contributed by atoms with Gasteiger partial charge in [0.05, 0.1) is 16.9 Å². The summed E-state index contributed by atoms with van der Waals surface area (Å²) in [6.07, 6.45) is 2.04. The number of hydrogen-bond donors (Lipinski definition) is 0. The summed E-state index contributed by atoms with van der Waals surface area (Å²) in [6, 6.07) is 64.2. The number of hydrogen-bond acceptors (Lipinski definition) is 3. The molecule has 1 radical (unpaired) electrons. The number of imidazole rings is 1. The van der Waals surface area contributed by atoms with Crippen LogP contribution in [0.2, 0.25) is 17.3 Å². The molecule has 7 aromatic carbocycles. The van der Waals surface area contributed by atoms with Crippen LogP contribution in [0.3, 0.4) is 0 Å². The summed E-state index contributed by atoms with van der Waals surface area (Å²) in [7, 11) is 0. The first-order valence-corrected chi connectivity index (χ1v) is 26.4. The molecule has 0 amide bonds. The van der Waals surface area contributed by atoms with E-state index in [4.69, 9.17) is 4.98 Å². The number of nitrogens with zero attached hydrogens (tertiary/aromatic N) is 3. The maximum absolute atomic E-state index is 5.25. The predicted molar refractivity (Wildman–Crippen MR) is 233 cm³/mol. The van der Waals surface area contributed by atoms with Crippen molar-refractivity contribution in [2.24, 2.45) is 0 Å². The van der Waals surface area contributed by atoms with E-state index in [1.54, 1.807) is 0 Å². The number of aromatic nitrogens is 3. The minimum Gasteiger partial charge on any atom is -0.333 e. The van der Waals surface area contributed by atoms with Gasteiger partial charge in [-0.3, -0.25) is 4.98 Å². The average molecular weight is 965 g/mol. The van der Waals surface area contributed by atoms with Crippen LogP contribution in [-0.2, 0) is 20.1 Å². The summed E-state index contributed by atoms with van der Waals surface area (Å²) in [4.78, 5) is 9.78. The van der Waals surface area contributed by atoms with E-state index in [1.807, 2.05) is 47.9 Å². The van der Waals surface area contributed by atoms with Crippen LogP contribution in [0.5, 0.6) is 0 Å². The van der Waals surface area contributed by atoms with Crippen molar-refractivity contribution in [2.45, 2.75) is 17.3 Å². The Bertz CT molecular complexity index is 2890. The molecule has 0 atom stereocenters. The smallest absolute Gasteiger partial charge is 0.0780 e. The zero-order valence-electron chi connectivity index (χ0n) is 30.7. The second-order valence-corrected chi connectivity index (χ2v) is 26.2. The molecule has 0 aliphatic rings. The number of pyridine rings is 1. The van der Waals surface area contributed by atoms with Crippen LogP contribution in [0.15, 0.2) is 170 Å². The second kappa shape index (κ2) is 15.5. The minimum atomic E-state index is -1.72. The van der Waals surface area contributed by atoms with E-state index in [9.17, 15) is 0 Å². The van der Waals surface area contributed by atoms with Gasteiger partial charge >= 0.3 is 99.8 Å². The quantitative estimate of drug-likeness (QED) is 0.127. The molecule has 3 nitrogen and oxygen atoms in total. The Morgan fingerprint density at radius 3 is 2.05 bits per heavy atom. The topological polar surface area (TPSA) is 30.7 Å². The summed E-state index contributed by atoms with van der Waals surface area (Å²) in [6.45, 7) is 0. The molecule has 55 heavy (non-hydrogen) atoms. The van der Waals surface area contributed by atoms with E-state index < -0.39 is 13.3 Å². The van der Waals surface area contributed by atoms with Crippen molar-refractivity contribution >= 4 is 71.0 Å². The second-order valence-electron chi connectivity index (χ2n) is 14.5. The molecule has 3 aromatic heterocycles. The first-order valence-electron chi connectivity index (χ1n) is 18.2. The molecule has 3 heterocycles. The maximum Gasteiger partial charge on any atom is 0.0780 e. The van der Waals surface area contributed by atoms with Crippen LogP contribution < -0.4 is 4.40 Å². The van der Waals surface area contributed by atoms with Crippen LogP contribution in [0, 0.1) is 12.1 Å². The van der Waals surface area contributed by atoms with Crippen LogP contribution in [0.1, 0.15) is 0 Å². The third-order valence-corrected chi connectivity index (χ3v) is 15.4. The van der Waals surface area contributed by atoms with Crippen LogP contribution in [-0.4, -0.2) is 27.8 Å². The number of benzene rings is 7. The van der Waals surface area contributed by atoms with Gasteiger partial charge in [-0.05, 0) is 62.3 Å². The molecule has 10 rings (SSSR count). The maximum atomic E-state index is 5.25. The summed E-state index contributed by atoms with van der Waals surface area (Å²) in [5, 5.41) is 4.93. The van der Waals surface area contributed by atoms with Gasteiger partial charge in [0.15, 0.2) is 0 Å². The molecule has 10 aromatic rings. The normalized spacial score (nSPS) is 11.4. The molecular formula is C49H37GeIrN3S-2. The van der Waals surface area contributed by atoms with Gasteiger partial charge in [0.1, 0.15) is 0 Å². The SMILES string of the molecule is [CH3][Ge]([CH3])([CH3])[c]1ccc(-c2[c-]cccc2)nc1.[Ir].[c-]1ccc2c(sc3ccccc32)c1-c1nc2cc3ccccc3cc2n1-c1ccc(-c2ccccc2)cc1. The molecule has 0 saturated heterocycles. The van der Waals surface area contributed by atoms with E-state index in [1.165, 1.54) is 46.5 Å². The number of fused-ring (bicyclic) bond motifs is 5. The third kappa shape index (κ3) is 7.34. The van der Waals surface area contributed by atoms with E-state index in [-0.39, 0.29) is 20.1 Å². The van der Waals surface area contributed by atoms with Crippen molar-refractivity contribution in [3.63, 3.8) is 0 Å². The van der Waals surface area contributed by atoms with Gasteiger partial charge in [0, 0.05) is 30.5 Å². The molecule has 0 bridgehead atoms. The number of rotatable bonds is 5. The third-order valence-electron chi connectivity index (χ3n) is 9.93. The van der Waals surface area contributed by atoms with Gasteiger partial charge in [-0.1, -0.05) is 95.9 Å². The fourth-order valence-electron chi connectivity index (χ4n) is 7.03. The Balaban J connectivity index is 0.000000212. The Morgan fingerprint density at radius 2 is 1.33 bits per heavy atom. The van der Waals surface area contributed by atoms with E-state index in [0.717, 1.165) is 39.4 Å². The van der Waals surface area contributed by atoms with Gasteiger partial charge in [0.25, 0.3) is 0 Å². The molecule has 0 aliphatic heterocycles. The standard InChI is InChI=1S/C35H21N2S.C14H16GeN.Ir/c1-2-9-23(10-3-1)24-17-19-27(20-18-24)37-32-22-26-12-5-4-11-25(26)21-31(32)36-35(37)30-15-8-14-29-28-13-6-7-16-33(28)38-34(29)30;1-15(2,3)13-9-10-14(16-11-13)12-7-5-4-6-8-12;/h1-14,16-22H;4-7,9-11H,1-3H3;/q2*-1;. The fourth-order valence-corrected chi connectivity index (χ4v) is 10.4. The Kier molecular flexibility index (Phi) is 10.4. The molecule has 6 heteroatoms. The summed E-state index contributed by atoms with van der Waals surface area (Å²) < 4.78 is 6.24. The fraction of sp³-hybridized carbons (Fsp3) is 0.0612. The van der Waals surface area contributed by atoms with Crippen molar-refractivity contribution in [3.05, 3.63) is 182 Å². The number of thiophene rings is 1. The van der Waals surface area contributed by atoms with Crippen LogP contribution in [0.25, 0.3) is 81.4 Å². The molecule has 0 fully saturated rings. The summed E-state index contributed by atoms with van der Waals surface area (Å²) >= 11 is 0.0991. The zero-order valence-corrected chi connectivity index (χ0v) is 36.1. The molecule has 0 spiro atoms. The monoisotopic (exact) mass is 966 g/mol. The predicted octanol–water partition coefficient (Wildman–Crippen LogP) is 12.8. The molecule has 0 saturated carbocycles. The van der Waals surface area contributed by atoms with Crippen LogP contribution >= 0.6 is 11.3 Å². The van der Waals surface area contributed by atoms with Crippen molar-refractivity contribution in [2.75, 3.05) is 0 Å². The van der Waals surface area contributed by atoms with Crippen molar-refractivity contribution in [1.29, 1.82) is 0 Å². The summed E-state index contributed by atoms with van der Waals surface area (Å²) in [5.74, 6) is 8.06.